The molecule has 0 spiro atoms. The summed E-state index contributed by atoms with van der Waals surface area (Å²) in [5.74, 6) is 0. The summed E-state index contributed by atoms with van der Waals surface area (Å²) in [6.45, 7) is 0. The van der Waals surface area contributed by atoms with Crippen molar-refractivity contribution in [2.45, 2.75) is 0 Å². The fourth-order valence-electron chi connectivity index (χ4n) is 0. The van der Waals surface area contributed by atoms with Gasteiger partial charge in [0, 0.05) is 0 Å². The van der Waals surface area contributed by atoms with Gasteiger partial charge < -0.3 is 0 Å². The normalized spacial score (nSPS) is 0. The van der Waals surface area contributed by atoms with E-state index in [1.54, 1.807) is 0 Å². The molecule has 0 aliphatic heterocycles. The van der Waals surface area contributed by atoms with E-state index in [-0.39, 0.29) is 89.1 Å². The van der Waals surface area contributed by atoms with Crippen LogP contribution in [-0.4, -0.2) is 64.3 Å². The minimum atomic E-state index is 0. The third-order valence-corrected chi connectivity index (χ3v) is 0. The number of hydrogen-bond donors (Lipinski definition) is 0. The molecule has 0 saturated carbocycles. The van der Waals surface area contributed by atoms with Crippen molar-refractivity contribution in [3.05, 3.63) is 0 Å². The topological polar surface area (TPSA) is 0 Å². The molecule has 0 rings (SSSR count). The minimum absolute atomic E-state index is 0. The molecule has 0 nitrogen and oxygen atoms in total. The van der Waals surface area contributed by atoms with Crippen molar-refractivity contribution in [1.29, 1.82) is 0 Å². The summed E-state index contributed by atoms with van der Waals surface area (Å²) >= 11 is 0. The average Bonchev–Trinajstić information content (AvgIpc) is 0. The van der Waals surface area contributed by atoms with E-state index in [1.165, 1.54) is 0 Å². The Balaban J connectivity index is 0. The molecule has 0 aromatic carbocycles. The number of halogens is 2. The molecule has 5 heteroatoms. The summed E-state index contributed by atoms with van der Waals surface area (Å²) in [6.07, 6.45) is 0. The molecule has 0 aliphatic carbocycles. The van der Waals surface area contributed by atoms with E-state index < -0.39 is 0 Å². The van der Waals surface area contributed by atoms with Gasteiger partial charge in [-0.2, -0.15) is 0 Å². The predicted octanol–water partition coefficient (Wildman–Crippen LogP) is -2.17. The molecule has 0 N–H and O–H groups in total. The molecule has 0 aliphatic rings. The fourth-order valence-corrected chi connectivity index (χ4v) is 0. The van der Waals surface area contributed by atoms with Gasteiger partial charge in [-0.25, -0.2) is 0 Å². The van der Waals surface area contributed by atoms with Gasteiger partial charge in [0.25, 0.3) is 0 Å². The maximum absolute atomic E-state index is 0. The van der Waals surface area contributed by atoms with E-state index >= 15 is 0 Å². The Morgan fingerprint density at radius 1 is 0.600 bits per heavy atom. The Morgan fingerprint density at radius 2 is 0.600 bits per heavy atom. The first-order valence-corrected chi connectivity index (χ1v) is 0. The quantitative estimate of drug-likeness (QED) is 0.351. The van der Waals surface area contributed by atoms with Crippen LogP contribution in [0.25, 0.3) is 0 Å². The molecular weight excluding hydrogens is 148 g/mol. The molecule has 30 valence electrons. The summed E-state index contributed by atoms with van der Waals surface area (Å²) < 4.78 is 0. The summed E-state index contributed by atoms with van der Waals surface area (Å²) in [5, 5.41) is 0. The Hall–Kier alpha value is 2.64. The maximum atomic E-state index is 0. The zero-order chi connectivity index (χ0) is 0. The van der Waals surface area contributed by atoms with Gasteiger partial charge in [0.1, 0.15) is 0 Å². The van der Waals surface area contributed by atoms with Crippen LogP contribution in [0.15, 0.2) is 0 Å². The first-order chi connectivity index (χ1) is 0. The fraction of sp³-hybridized carbons (Fsp3) is 0. The van der Waals surface area contributed by atoms with E-state index in [4.69, 9.17) is 0 Å². The second kappa shape index (κ2) is 30.3. The van der Waals surface area contributed by atoms with Crippen LogP contribution in [0.2, 0.25) is 0 Å². The van der Waals surface area contributed by atoms with Crippen LogP contribution in [0, 0.1) is 0 Å². The summed E-state index contributed by atoms with van der Waals surface area (Å²) in [5.41, 5.74) is 0. The molecule has 0 radical (unpaired) electrons. The molecule has 5 heavy (non-hydrogen) atoms. The Kier molecular flexibility index (Phi) is 292. The first-order valence-electron chi connectivity index (χ1n) is 0. The number of hydrogen-bond acceptors (Lipinski definition) is 0. The van der Waals surface area contributed by atoms with E-state index in [0.717, 1.165) is 0 Å². The van der Waals surface area contributed by atoms with Gasteiger partial charge in [0.2, 0.25) is 0 Å². The third kappa shape index (κ3) is 20.5. The van der Waals surface area contributed by atoms with Crippen LogP contribution >= 0.6 is 24.8 Å². The number of rotatable bonds is 0. The molecule has 0 amide bonds. The van der Waals surface area contributed by atoms with Gasteiger partial charge in [0.15, 0.2) is 34.7 Å². The van der Waals surface area contributed by atoms with E-state index in [9.17, 15) is 0 Å². The molecule has 0 bridgehead atoms. The monoisotopic (exact) mass is 156 g/mol. The van der Waals surface area contributed by atoms with Gasteiger partial charge >= 0.3 is 29.6 Å². The zero-order valence-corrected chi connectivity index (χ0v) is 2.45. The van der Waals surface area contributed by atoms with E-state index in [0.29, 0.717) is 0 Å². The second-order valence-corrected chi connectivity index (χ2v) is 0. The van der Waals surface area contributed by atoms with Crippen LogP contribution in [-0.2, 0) is 0 Å². The third-order valence-electron chi connectivity index (χ3n) is 0. The van der Waals surface area contributed by atoms with Gasteiger partial charge in [-0.1, -0.05) is 0 Å². The summed E-state index contributed by atoms with van der Waals surface area (Å²) in [7, 11) is 0. The first kappa shape index (κ1) is 48.3. The van der Waals surface area contributed by atoms with Crippen LogP contribution in [0.3, 0.4) is 0 Å². The van der Waals surface area contributed by atoms with E-state index in [1.807, 2.05) is 0 Å². The molecular formula is H9Al2Cl2Na. The van der Waals surface area contributed by atoms with Crippen LogP contribution in [0.1, 0.15) is 0 Å². The van der Waals surface area contributed by atoms with Crippen LogP contribution in [0.4, 0.5) is 0 Å². The standard InChI is InChI=1S/2Al.2ClH.Na.7H/h;;2*1H;;;;;;;;. The zero-order valence-electron chi connectivity index (χ0n) is 0.816. The Labute approximate surface area is 87.8 Å². The molecule has 0 heterocycles. The Bertz CT molecular complexity index is 7.61. The second-order valence-electron chi connectivity index (χ2n) is 0. The van der Waals surface area contributed by atoms with Crippen molar-refractivity contribution < 1.29 is 0 Å². The molecule has 0 saturated heterocycles. The van der Waals surface area contributed by atoms with Gasteiger partial charge in [-0.15, -0.1) is 24.8 Å². The van der Waals surface area contributed by atoms with Crippen LogP contribution in [0.5, 0.6) is 0 Å². The molecule has 0 fully saturated rings. The average molecular weight is 157 g/mol. The van der Waals surface area contributed by atoms with Gasteiger partial charge in [-0.3, -0.25) is 0 Å². The molecule has 0 atom stereocenters. The van der Waals surface area contributed by atoms with Crippen molar-refractivity contribution in [3.63, 3.8) is 0 Å². The van der Waals surface area contributed by atoms with E-state index in [2.05, 4.69) is 0 Å². The predicted molar refractivity (Wildman–Crippen MR) is 41.5 cm³/mol. The SMILES string of the molecule is Cl.Cl.[AlH3].[AlH3].[NaH]. The van der Waals surface area contributed by atoms with Crippen LogP contribution < -0.4 is 0 Å². The van der Waals surface area contributed by atoms with Gasteiger partial charge in [0.05, 0.1) is 0 Å². The summed E-state index contributed by atoms with van der Waals surface area (Å²) in [6, 6.07) is 0. The Morgan fingerprint density at radius 3 is 0.600 bits per heavy atom. The van der Waals surface area contributed by atoms with Crippen molar-refractivity contribution >= 4 is 89.1 Å². The van der Waals surface area contributed by atoms with Crippen molar-refractivity contribution in [2.75, 3.05) is 0 Å². The van der Waals surface area contributed by atoms with Crippen molar-refractivity contribution in [3.8, 4) is 0 Å². The molecule has 0 aromatic heterocycles. The molecule has 0 aromatic rings. The molecule has 0 unspecified atom stereocenters. The van der Waals surface area contributed by atoms with Crippen molar-refractivity contribution in [2.24, 2.45) is 0 Å². The summed E-state index contributed by atoms with van der Waals surface area (Å²) in [4.78, 5) is 0. The van der Waals surface area contributed by atoms with Crippen molar-refractivity contribution in [1.82, 2.24) is 0 Å². The van der Waals surface area contributed by atoms with Gasteiger partial charge in [-0.05, 0) is 0 Å².